The van der Waals surface area contributed by atoms with E-state index in [4.69, 9.17) is 0 Å². The molecule has 0 aliphatic carbocycles. The van der Waals surface area contributed by atoms with E-state index < -0.39 is 39.6 Å². The molecule has 0 aliphatic heterocycles. The third-order valence-electron chi connectivity index (χ3n) is 2.79. The van der Waals surface area contributed by atoms with E-state index in [1.54, 1.807) is 0 Å². The molecule has 10 heteroatoms. The van der Waals surface area contributed by atoms with Crippen LogP contribution in [0.2, 0.25) is 0 Å². The Morgan fingerprint density at radius 3 is 2.52 bits per heavy atom. The van der Waals surface area contributed by atoms with Crippen LogP contribution in [0.5, 0.6) is 0 Å². The molecular weight excluding hydrogens is 322 g/mol. The minimum Gasteiger partial charge on any atom is -0.319 e. The Hall–Kier alpha value is -3.04. The van der Waals surface area contributed by atoms with Crippen LogP contribution in [0.3, 0.4) is 0 Å². The number of nitrogens with zero attached hydrogens (tertiary/aromatic N) is 2. The fraction of sp³-hybridized carbons (Fsp3) is 0.0769. The number of nitrogens with one attached hydrogen (secondary N) is 1. The van der Waals surface area contributed by atoms with Crippen molar-refractivity contribution in [1.29, 1.82) is 0 Å². The van der Waals surface area contributed by atoms with Crippen molar-refractivity contribution < 1.29 is 27.3 Å². The molecular formula is C13H7F4N3O3. The summed E-state index contributed by atoms with van der Waals surface area (Å²) in [6.07, 6.45) is -2.83. The van der Waals surface area contributed by atoms with Gasteiger partial charge in [0, 0.05) is 12.3 Å². The molecule has 0 bridgehead atoms. The number of aromatic nitrogens is 1. The maximum atomic E-state index is 13.4. The maximum absolute atomic E-state index is 13.4. The van der Waals surface area contributed by atoms with Crippen molar-refractivity contribution >= 4 is 17.3 Å². The Bertz CT molecular complexity index is 777. The molecule has 1 aromatic carbocycles. The molecule has 0 aliphatic rings. The summed E-state index contributed by atoms with van der Waals surface area (Å²) in [6.45, 7) is 0. The first kappa shape index (κ1) is 16.3. The number of carbonyl (C=O) groups excluding carboxylic acids is 1. The molecule has 6 nitrogen and oxygen atoms in total. The molecule has 1 amide bonds. The highest BCUT2D eigenvalue weighted by atomic mass is 19.4. The van der Waals surface area contributed by atoms with E-state index in [9.17, 15) is 32.5 Å². The van der Waals surface area contributed by atoms with E-state index in [-0.39, 0.29) is 11.8 Å². The van der Waals surface area contributed by atoms with Gasteiger partial charge in [0.1, 0.15) is 5.56 Å². The number of pyridine rings is 1. The molecule has 1 heterocycles. The summed E-state index contributed by atoms with van der Waals surface area (Å²) in [5.41, 5.74) is -3.24. The lowest BCUT2D eigenvalue weighted by Gasteiger charge is -2.09. The maximum Gasteiger partial charge on any atom is 0.416 e. The largest absolute Gasteiger partial charge is 0.416 e. The van der Waals surface area contributed by atoms with E-state index in [0.29, 0.717) is 12.1 Å². The molecule has 0 atom stereocenters. The van der Waals surface area contributed by atoms with Crippen LogP contribution in [0, 0.1) is 15.9 Å². The fourth-order valence-electron chi connectivity index (χ4n) is 1.72. The van der Waals surface area contributed by atoms with Gasteiger partial charge in [-0.25, -0.2) is 4.39 Å². The summed E-state index contributed by atoms with van der Waals surface area (Å²) in [4.78, 5) is 25.2. The summed E-state index contributed by atoms with van der Waals surface area (Å²) in [6, 6.07) is 2.54. The SMILES string of the molecule is O=C(Nc1ccncc1F)c1ccc(C(F)(F)F)cc1[N+](=O)[O-]. The Kier molecular flexibility index (Phi) is 4.25. The number of anilines is 1. The second-order valence-electron chi connectivity index (χ2n) is 4.30. The number of hydrogen-bond donors (Lipinski definition) is 1. The first-order valence-electron chi connectivity index (χ1n) is 5.96. The van der Waals surface area contributed by atoms with E-state index in [2.05, 4.69) is 4.98 Å². The summed E-state index contributed by atoms with van der Waals surface area (Å²) in [5.74, 6) is -2.01. The average molecular weight is 329 g/mol. The second kappa shape index (κ2) is 5.99. The van der Waals surface area contributed by atoms with Crippen LogP contribution < -0.4 is 5.32 Å². The molecule has 1 N–H and O–H groups in total. The number of benzene rings is 1. The lowest BCUT2D eigenvalue weighted by molar-refractivity contribution is -0.385. The molecule has 0 fully saturated rings. The van der Waals surface area contributed by atoms with Crippen LogP contribution in [0.4, 0.5) is 28.9 Å². The van der Waals surface area contributed by atoms with Crippen LogP contribution in [0.1, 0.15) is 15.9 Å². The van der Waals surface area contributed by atoms with Crippen molar-refractivity contribution in [2.75, 3.05) is 5.32 Å². The predicted molar refractivity (Wildman–Crippen MR) is 70.2 cm³/mol. The van der Waals surface area contributed by atoms with Crippen molar-refractivity contribution in [3.8, 4) is 0 Å². The number of hydrogen-bond acceptors (Lipinski definition) is 4. The van der Waals surface area contributed by atoms with Crippen LogP contribution in [-0.2, 0) is 6.18 Å². The second-order valence-corrected chi connectivity index (χ2v) is 4.30. The van der Waals surface area contributed by atoms with Gasteiger partial charge in [-0.3, -0.25) is 19.9 Å². The third kappa shape index (κ3) is 3.59. The third-order valence-corrected chi connectivity index (χ3v) is 2.79. The van der Waals surface area contributed by atoms with Crippen LogP contribution >= 0.6 is 0 Å². The summed E-state index contributed by atoms with van der Waals surface area (Å²) < 4.78 is 51.1. The van der Waals surface area contributed by atoms with Crippen molar-refractivity contribution in [3.63, 3.8) is 0 Å². The highest BCUT2D eigenvalue weighted by Gasteiger charge is 2.34. The average Bonchev–Trinajstić information content (AvgIpc) is 2.48. The molecule has 0 saturated carbocycles. The Morgan fingerprint density at radius 1 is 1.26 bits per heavy atom. The van der Waals surface area contributed by atoms with Gasteiger partial charge in [-0.2, -0.15) is 13.2 Å². The van der Waals surface area contributed by atoms with Gasteiger partial charge in [-0.15, -0.1) is 0 Å². The highest BCUT2D eigenvalue weighted by Crippen LogP contribution is 2.33. The number of nitro benzene ring substituents is 1. The lowest BCUT2D eigenvalue weighted by atomic mass is 10.1. The van der Waals surface area contributed by atoms with Crippen LogP contribution in [0.15, 0.2) is 36.7 Å². The quantitative estimate of drug-likeness (QED) is 0.531. The zero-order valence-corrected chi connectivity index (χ0v) is 11.1. The summed E-state index contributed by atoms with van der Waals surface area (Å²) in [7, 11) is 0. The number of alkyl halides is 3. The number of halogens is 4. The molecule has 23 heavy (non-hydrogen) atoms. The predicted octanol–water partition coefficient (Wildman–Crippen LogP) is 3.40. The van der Waals surface area contributed by atoms with Gasteiger partial charge < -0.3 is 5.32 Å². The monoisotopic (exact) mass is 329 g/mol. The molecule has 2 aromatic rings. The smallest absolute Gasteiger partial charge is 0.319 e. The van der Waals surface area contributed by atoms with Gasteiger partial charge in [0.25, 0.3) is 11.6 Å². The number of nitro groups is 1. The van der Waals surface area contributed by atoms with E-state index >= 15 is 0 Å². The molecule has 1 aromatic heterocycles. The lowest BCUT2D eigenvalue weighted by Crippen LogP contribution is -2.16. The topological polar surface area (TPSA) is 85.1 Å². The minimum absolute atomic E-state index is 0.248. The standard InChI is InChI=1S/C13H7F4N3O3/c14-9-6-18-4-3-10(9)19-12(21)8-2-1-7(13(15,16)17)5-11(8)20(22)23/h1-6H,(H,18,19,21). The summed E-state index contributed by atoms with van der Waals surface area (Å²) >= 11 is 0. The Morgan fingerprint density at radius 2 is 1.96 bits per heavy atom. The number of amides is 1. The van der Waals surface area contributed by atoms with Crippen LogP contribution in [-0.4, -0.2) is 15.8 Å². The Labute approximate surface area is 125 Å². The van der Waals surface area contributed by atoms with E-state index in [0.717, 1.165) is 12.3 Å². The first-order valence-corrected chi connectivity index (χ1v) is 5.96. The van der Waals surface area contributed by atoms with Gasteiger partial charge in [0.15, 0.2) is 5.82 Å². The first-order chi connectivity index (χ1) is 10.7. The molecule has 0 unspecified atom stereocenters. The van der Waals surface area contributed by atoms with Gasteiger partial charge in [0.2, 0.25) is 0 Å². The highest BCUT2D eigenvalue weighted by molar-refractivity contribution is 6.07. The molecule has 2 rings (SSSR count). The fourth-order valence-corrected chi connectivity index (χ4v) is 1.72. The van der Waals surface area contributed by atoms with Crippen molar-refractivity contribution in [2.24, 2.45) is 0 Å². The zero-order valence-electron chi connectivity index (χ0n) is 11.1. The van der Waals surface area contributed by atoms with Gasteiger partial charge in [-0.05, 0) is 18.2 Å². The Balaban J connectivity index is 2.41. The molecule has 120 valence electrons. The number of carbonyl (C=O) groups is 1. The van der Waals surface area contributed by atoms with Crippen molar-refractivity contribution in [3.05, 3.63) is 63.7 Å². The minimum atomic E-state index is -4.79. The van der Waals surface area contributed by atoms with Gasteiger partial charge >= 0.3 is 6.18 Å². The number of rotatable bonds is 3. The molecule has 0 saturated heterocycles. The normalized spacial score (nSPS) is 11.1. The van der Waals surface area contributed by atoms with Gasteiger partial charge in [-0.1, -0.05) is 0 Å². The van der Waals surface area contributed by atoms with Crippen molar-refractivity contribution in [1.82, 2.24) is 4.98 Å². The van der Waals surface area contributed by atoms with E-state index in [1.807, 2.05) is 5.32 Å². The van der Waals surface area contributed by atoms with Gasteiger partial charge in [0.05, 0.1) is 22.4 Å². The van der Waals surface area contributed by atoms with Crippen molar-refractivity contribution in [2.45, 2.75) is 6.18 Å². The summed E-state index contributed by atoms with van der Waals surface area (Å²) in [5, 5.41) is 12.9. The van der Waals surface area contributed by atoms with Crippen LogP contribution in [0.25, 0.3) is 0 Å². The molecule has 0 radical (unpaired) electrons. The molecule has 0 spiro atoms. The zero-order chi connectivity index (χ0) is 17.2. The van der Waals surface area contributed by atoms with E-state index in [1.165, 1.54) is 6.20 Å².